The van der Waals surface area contributed by atoms with Crippen LogP contribution < -0.4 is 10.1 Å². The zero-order chi connectivity index (χ0) is 20.0. The zero-order valence-corrected chi connectivity index (χ0v) is 16.8. The molecule has 0 spiro atoms. The van der Waals surface area contributed by atoms with Gasteiger partial charge in [0.2, 0.25) is 0 Å². The molecule has 0 unspecified atom stereocenters. The van der Waals surface area contributed by atoms with Gasteiger partial charge < -0.3 is 10.1 Å². The number of esters is 1. The summed E-state index contributed by atoms with van der Waals surface area (Å²) in [6.07, 6.45) is 0.123. The topological polar surface area (TPSA) is 55.4 Å². The van der Waals surface area contributed by atoms with E-state index in [9.17, 15) is 9.59 Å². The fourth-order valence-electron chi connectivity index (χ4n) is 2.61. The maximum atomic E-state index is 12.2. The Morgan fingerprint density at radius 1 is 0.963 bits per heavy atom. The van der Waals surface area contributed by atoms with E-state index in [0.717, 1.165) is 0 Å². The van der Waals surface area contributed by atoms with Gasteiger partial charge in [-0.2, -0.15) is 0 Å². The lowest BCUT2D eigenvalue weighted by atomic mass is 9.87. The predicted molar refractivity (Wildman–Crippen MR) is 108 cm³/mol. The molecule has 0 aliphatic carbocycles. The summed E-state index contributed by atoms with van der Waals surface area (Å²) in [5.41, 5.74) is 3.00. The van der Waals surface area contributed by atoms with E-state index in [0.29, 0.717) is 17.2 Å². The number of amides is 1. The molecule has 0 saturated carbocycles. The number of carbonyl (C=O) groups excluding carboxylic acids is 2. The summed E-state index contributed by atoms with van der Waals surface area (Å²) in [4.78, 5) is 24.1. The van der Waals surface area contributed by atoms with Gasteiger partial charge >= 0.3 is 5.97 Å². The summed E-state index contributed by atoms with van der Waals surface area (Å²) in [5, 5.41) is 2.76. The van der Waals surface area contributed by atoms with Crippen molar-refractivity contribution in [2.45, 2.75) is 52.4 Å². The van der Waals surface area contributed by atoms with Crippen LogP contribution in [0.5, 0.6) is 5.75 Å². The second-order valence-corrected chi connectivity index (χ2v) is 8.03. The first-order valence-corrected chi connectivity index (χ1v) is 9.36. The van der Waals surface area contributed by atoms with Gasteiger partial charge in [-0.05, 0) is 46.7 Å². The summed E-state index contributed by atoms with van der Waals surface area (Å²) in [6.45, 7) is 10.8. The van der Waals surface area contributed by atoms with Crippen molar-refractivity contribution in [1.82, 2.24) is 5.32 Å². The highest BCUT2D eigenvalue weighted by atomic mass is 16.5. The minimum atomic E-state index is -0.365. The molecular weight excluding hydrogens is 338 g/mol. The first-order chi connectivity index (χ1) is 12.7. The molecule has 2 aromatic rings. The summed E-state index contributed by atoms with van der Waals surface area (Å²) >= 11 is 0. The SMILES string of the molecule is CC(C)c1ccc(OC(=O)CCNC(=O)c2ccc(C(C)(C)C)cc2)cc1. The normalized spacial score (nSPS) is 11.3. The zero-order valence-electron chi connectivity index (χ0n) is 16.8. The van der Waals surface area contributed by atoms with Gasteiger partial charge in [-0.15, -0.1) is 0 Å². The van der Waals surface area contributed by atoms with Crippen molar-refractivity contribution >= 4 is 11.9 Å². The standard InChI is InChI=1S/C23H29NO3/c1-16(2)17-8-12-20(13-9-17)27-21(25)14-15-24-22(26)18-6-10-19(11-7-18)23(3,4)5/h6-13,16H,14-15H2,1-5H3,(H,24,26). The predicted octanol–water partition coefficient (Wildman–Crippen LogP) is 4.83. The first-order valence-electron chi connectivity index (χ1n) is 9.36. The maximum absolute atomic E-state index is 12.2. The van der Waals surface area contributed by atoms with Gasteiger partial charge in [0.05, 0.1) is 6.42 Å². The van der Waals surface area contributed by atoms with Crippen LogP contribution in [0.1, 0.15) is 68.4 Å². The highest BCUT2D eigenvalue weighted by molar-refractivity contribution is 5.94. The van der Waals surface area contributed by atoms with Crippen molar-refractivity contribution < 1.29 is 14.3 Å². The number of benzene rings is 2. The molecule has 0 atom stereocenters. The largest absolute Gasteiger partial charge is 0.426 e. The minimum Gasteiger partial charge on any atom is -0.426 e. The molecule has 0 aliphatic heterocycles. The Morgan fingerprint density at radius 3 is 2.07 bits per heavy atom. The average Bonchev–Trinajstić information content (AvgIpc) is 2.61. The monoisotopic (exact) mass is 367 g/mol. The van der Waals surface area contributed by atoms with E-state index >= 15 is 0 Å². The molecule has 0 aromatic heterocycles. The lowest BCUT2D eigenvalue weighted by molar-refractivity contribution is -0.134. The van der Waals surface area contributed by atoms with Crippen LogP contribution in [-0.4, -0.2) is 18.4 Å². The fourth-order valence-corrected chi connectivity index (χ4v) is 2.61. The average molecular weight is 367 g/mol. The third-order valence-corrected chi connectivity index (χ3v) is 4.41. The maximum Gasteiger partial charge on any atom is 0.312 e. The quantitative estimate of drug-likeness (QED) is 0.587. The van der Waals surface area contributed by atoms with Crippen molar-refractivity contribution in [2.24, 2.45) is 0 Å². The molecule has 1 N–H and O–H groups in total. The van der Waals surface area contributed by atoms with E-state index < -0.39 is 0 Å². The molecule has 2 aromatic carbocycles. The molecule has 27 heavy (non-hydrogen) atoms. The van der Waals surface area contributed by atoms with E-state index in [-0.39, 0.29) is 30.3 Å². The van der Waals surface area contributed by atoms with Crippen LogP contribution >= 0.6 is 0 Å². The molecule has 0 saturated heterocycles. The minimum absolute atomic E-state index is 0.0478. The molecule has 1 amide bonds. The van der Waals surface area contributed by atoms with Crippen LogP contribution in [0.2, 0.25) is 0 Å². The lowest BCUT2D eigenvalue weighted by Gasteiger charge is -2.19. The summed E-state index contributed by atoms with van der Waals surface area (Å²) in [7, 11) is 0. The van der Waals surface area contributed by atoms with Gasteiger partial charge in [-0.25, -0.2) is 0 Å². The number of hydrogen-bond donors (Lipinski definition) is 1. The van der Waals surface area contributed by atoms with E-state index in [4.69, 9.17) is 4.74 Å². The molecule has 4 nitrogen and oxygen atoms in total. The Morgan fingerprint density at radius 2 is 1.56 bits per heavy atom. The van der Waals surface area contributed by atoms with Crippen LogP contribution in [0.25, 0.3) is 0 Å². The Labute approximate surface area is 161 Å². The Hall–Kier alpha value is -2.62. The smallest absolute Gasteiger partial charge is 0.312 e. The molecule has 0 fully saturated rings. The number of nitrogens with one attached hydrogen (secondary N) is 1. The number of hydrogen-bond acceptors (Lipinski definition) is 3. The van der Waals surface area contributed by atoms with Crippen LogP contribution in [-0.2, 0) is 10.2 Å². The first kappa shape index (κ1) is 20.7. The second kappa shape index (κ2) is 8.85. The van der Waals surface area contributed by atoms with E-state index in [1.165, 1.54) is 11.1 Å². The number of carbonyl (C=O) groups is 2. The molecule has 0 heterocycles. The Kier molecular flexibility index (Phi) is 6.78. The number of rotatable bonds is 6. The molecule has 144 valence electrons. The molecule has 0 radical (unpaired) electrons. The fraction of sp³-hybridized carbons (Fsp3) is 0.391. The van der Waals surface area contributed by atoms with Crippen LogP contribution in [0, 0.1) is 0 Å². The van der Waals surface area contributed by atoms with Gasteiger partial charge in [0, 0.05) is 12.1 Å². The van der Waals surface area contributed by atoms with Crippen molar-refractivity contribution in [1.29, 1.82) is 0 Å². The van der Waals surface area contributed by atoms with E-state index in [1.54, 1.807) is 12.1 Å². The van der Waals surface area contributed by atoms with Gasteiger partial charge in [0.1, 0.15) is 5.75 Å². The summed E-state index contributed by atoms with van der Waals surface area (Å²) in [6, 6.07) is 15.0. The molecular formula is C23H29NO3. The molecule has 2 rings (SSSR count). The van der Waals surface area contributed by atoms with Crippen LogP contribution in [0.3, 0.4) is 0 Å². The number of ether oxygens (including phenoxy) is 1. The van der Waals surface area contributed by atoms with Crippen LogP contribution in [0.4, 0.5) is 0 Å². The van der Waals surface area contributed by atoms with E-state index in [2.05, 4.69) is 39.9 Å². The van der Waals surface area contributed by atoms with Gasteiger partial charge in [0.15, 0.2) is 0 Å². The van der Waals surface area contributed by atoms with Gasteiger partial charge in [-0.3, -0.25) is 9.59 Å². The third kappa shape index (κ3) is 6.24. The molecule has 0 bridgehead atoms. The molecule has 0 aliphatic rings. The van der Waals surface area contributed by atoms with Crippen molar-refractivity contribution in [3.63, 3.8) is 0 Å². The van der Waals surface area contributed by atoms with Crippen molar-refractivity contribution in [3.8, 4) is 5.75 Å². The van der Waals surface area contributed by atoms with Crippen molar-refractivity contribution in [2.75, 3.05) is 6.54 Å². The third-order valence-electron chi connectivity index (χ3n) is 4.41. The molecule has 4 heteroatoms. The lowest BCUT2D eigenvalue weighted by Crippen LogP contribution is -2.27. The van der Waals surface area contributed by atoms with Gasteiger partial charge in [-0.1, -0.05) is 58.9 Å². The highest BCUT2D eigenvalue weighted by Crippen LogP contribution is 2.22. The Balaban J connectivity index is 1.79. The second-order valence-electron chi connectivity index (χ2n) is 8.03. The van der Waals surface area contributed by atoms with E-state index in [1.807, 2.05) is 36.4 Å². The Bertz CT molecular complexity index is 769. The van der Waals surface area contributed by atoms with Gasteiger partial charge in [0.25, 0.3) is 5.91 Å². The van der Waals surface area contributed by atoms with Crippen LogP contribution in [0.15, 0.2) is 48.5 Å². The van der Waals surface area contributed by atoms with Crippen molar-refractivity contribution in [3.05, 3.63) is 65.2 Å². The summed E-state index contributed by atoms with van der Waals surface area (Å²) in [5.74, 6) is 0.399. The summed E-state index contributed by atoms with van der Waals surface area (Å²) < 4.78 is 5.30. The highest BCUT2D eigenvalue weighted by Gasteiger charge is 2.14.